The molecule has 0 aromatic heterocycles. The summed E-state index contributed by atoms with van der Waals surface area (Å²) in [4.78, 5) is 27.4. The normalized spacial score (nSPS) is 15.0. The van der Waals surface area contributed by atoms with Gasteiger partial charge in [0.15, 0.2) is 0 Å². The molecule has 0 spiro atoms. The summed E-state index contributed by atoms with van der Waals surface area (Å²) in [5, 5.41) is 2.96. The van der Waals surface area contributed by atoms with Crippen molar-refractivity contribution in [3.8, 4) is 0 Å². The fraction of sp³-hybridized carbons (Fsp3) is 0.556. The van der Waals surface area contributed by atoms with Crippen LogP contribution in [0, 0.1) is 0 Å². The average molecular weight is 365 g/mol. The first-order valence-electron chi connectivity index (χ1n) is 8.71. The molecule has 2 amide bonds. The van der Waals surface area contributed by atoms with Crippen molar-refractivity contribution < 1.29 is 14.3 Å². The Balaban J connectivity index is 1.53. The molecule has 1 N–H and O–H groups in total. The third-order valence-corrected chi connectivity index (χ3v) is 4.98. The minimum atomic E-state index is -0.262. The minimum absolute atomic E-state index is 0.0462. The van der Waals surface area contributed by atoms with E-state index in [2.05, 4.69) is 22.3 Å². The predicted molar refractivity (Wildman–Crippen MR) is 101 cm³/mol. The molecule has 1 saturated heterocycles. The highest BCUT2D eigenvalue weighted by Gasteiger charge is 2.22. The molecule has 6 nitrogen and oxygen atoms in total. The van der Waals surface area contributed by atoms with Gasteiger partial charge < -0.3 is 15.0 Å². The molecule has 1 aromatic rings. The van der Waals surface area contributed by atoms with Gasteiger partial charge in [-0.25, -0.2) is 4.79 Å². The van der Waals surface area contributed by atoms with Crippen LogP contribution in [0.25, 0.3) is 0 Å². The van der Waals surface area contributed by atoms with E-state index >= 15 is 0 Å². The van der Waals surface area contributed by atoms with Crippen LogP contribution in [0.1, 0.15) is 12.5 Å². The predicted octanol–water partition coefficient (Wildman–Crippen LogP) is 1.81. The second-order valence-electron chi connectivity index (χ2n) is 5.85. The number of ether oxygens (including phenoxy) is 1. The maximum absolute atomic E-state index is 12.0. The van der Waals surface area contributed by atoms with E-state index in [1.165, 1.54) is 5.56 Å². The number of hydrogen-bond donors (Lipinski definition) is 1. The molecule has 138 valence electrons. The van der Waals surface area contributed by atoms with Gasteiger partial charge in [-0.3, -0.25) is 9.69 Å². The van der Waals surface area contributed by atoms with Gasteiger partial charge in [-0.15, -0.1) is 0 Å². The first kappa shape index (κ1) is 19.6. The number of amides is 2. The lowest BCUT2D eigenvalue weighted by atomic mass is 10.2. The molecule has 1 aliphatic heterocycles. The van der Waals surface area contributed by atoms with E-state index in [-0.39, 0.29) is 12.0 Å². The lowest BCUT2D eigenvalue weighted by Crippen LogP contribution is -2.51. The van der Waals surface area contributed by atoms with E-state index in [0.29, 0.717) is 45.9 Å². The second-order valence-corrected chi connectivity index (χ2v) is 6.96. The molecule has 7 heteroatoms. The van der Waals surface area contributed by atoms with Gasteiger partial charge in [0.2, 0.25) is 5.91 Å². The summed E-state index contributed by atoms with van der Waals surface area (Å²) in [5.74, 6) is 1.91. The van der Waals surface area contributed by atoms with Crippen LogP contribution in [0.15, 0.2) is 30.3 Å². The van der Waals surface area contributed by atoms with Crippen molar-refractivity contribution >= 4 is 23.8 Å². The summed E-state index contributed by atoms with van der Waals surface area (Å²) in [6.45, 7) is 5.89. The molecule has 0 unspecified atom stereocenters. The molecular weight excluding hydrogens is 338 g/mol. The SMILES string of the molecule is CCOC(=O)N1CCN(CC(=O)NCCSCc2ccccc2)CC1. The smallest absolute Gasteiger partial charge is 0.409 e. The largest absolute Gasteiger partial charge is 0.450 e. The Labute approximate surface area is 153 Å². The van der Waals surface area contributed by atoms with Gasteiger partial charge in [-0.1, -0.05) is 30.3 Å². The number of nitrogens with one attached hydrogen (secondary N) is 1. The van der Waals surface area contributed by atoms with Crippen molar-refractivity contribution in [3.05, 3.63) is 35.9 Å². The zero-order chi connectivity index (χ0) is 17.9. The first-order chi connectivity index (χ1) is 12.2. The quantitative estimate of drug-likeness (QED) is 0.712. The number of rotatable bonds is 8. The van der Waals surface area contributed by atoms with E-state index in [9.17, 15) is 9.59 Å². The molecular formula is C18H27N3O3S. The summed E-state index contributed by atoms with van der Waals surface area (Å²) in [5.41, 5.74) is 1.30. The van der Waals surface area contributed by atoms with Crippen molar-refractivity contribution in [3.63, 3.8) is 0 Å². The van der Waals surface area contributed by atoms with Crippen molar-refractivity contribution in [2.75, 3.05) is 51.6 Å². The molecule has 2 rings (SSSR count). The Morgan fingerprint density at radius 3 is 2.56 bits per heavy atom. The monoisotopic (exact) mass is 365 g/mol. The maximum Gasteiger partial charge on any atom is 0.409 e. The van der Waals surface area contributed by atoms with Crippen LogP contribution in [-0.4, -0.2) is 73.4 Å². The van der Waals surface area contributed by atoms with E-state index in [1.807, 2.05) is 30.0 Å². The highest BCUT2D eigenvalue weighted by molar-refractivity contribution is 7.98. The van der Waals surface area contributed by atoms with E-state index in [1.54, 1.807) is 11.8 Å². The van der Waals surface area contributed by atoms with E-state index < -0.39 is 0 Å². The van der Waals surface area contributed by atoms with Crippen LogP contribution in [0.3, 0.4) is 0 Å². The number of thioether (sulfide) groups is 1. The number of carbonyl (C=O) groups excluding carboxylic acids is 2. The van der Waals surface area contributed by atoms with Gasteiger partial charge in [0, 0.05) is 44.2 Å². The zero-order valence-corrected chi connectivity index (χ0v) is 15.6. The summed E-state index contributed by atoms with van der Waals surface area (Å²) in [7, 11) is 0. The molecule has 0 atom stereocenters. The summed E-state index contributed by atoms with van der Waals surface area (Å²) < 4.78 is 4.99. The number of carbonyl (C=O) groups is 2. The summed E-state index contributed by atoms with van der Waals surface area (Å²) in [6.07, 6.45) is -0.262. The minimum Gasteiger partial charge on any atom is -0.450 e. The molecule has 0 bridgehead atoms. The zero-order valence-electron chi connectivity index (χ0n) is 14.8. The van der Waals surface area contributed by atoms with E-state index in [4.69, 9.17) is 4.74 Å². The van der Waals surface area contributed by atoms with Crippen LogP contribution >= 0.6 is 11.8 Å². The Kier molecular flexibility index (Phi) is 8.62. The Bertz CT molecular complexity index is 534. The van der Waals surface area contributed by atoms with Crippen molar-refractivity contribution in [1.29, 1.82) is 0 Å². The van der Waals surface area contributed by atoms with Gasteiger partial charge in [-0.05, 0) is 12.5 Å². The third-order valence-electron chi connectivity index (χ3n) is 3.95. The fourth-order valence-electron chi connectivity index (χ4n) is 2.59. The van der Waals surface area contributed by atoms with Crippen LogP contribution in [-0.2, 0) is 15.3 Å². The van der Waals surface area contributed by atoms with E-state index in [0.717, 1.165) is 11.5 Å². The molecule has 1 fully saturated rings. The lowest BCUT2D eigenvalue weighted by molar-refractivity contribution is -0.122. The standard InChI is InChI=1S/C18H27N3O3S/c1-2-24-18(23)21-11-9-20(10-12-21)14-17(22)19-8-13-25-15-16-6-4-3-5-7-16/h3-7H,2,8-15H2,1H3,(H,19,22). The molecule has 1 aliphatic rings. The van der Waals surface area contributed by atoms with Crippen molar-refractivity contribution in [1.82, 2.24) is 15.1 Å². The summed E-state index contributed by atoms with van der Waals surface area (Å²) in [6, 6.07) is 10.3. The number of benzene rings is 1. The Morgan fingerprint density at radius 1 is 1.16 bits per heavy atom. The first-order valence-corrected chi connectivity index (χ1v) is 9.87. The number of nitrogens with zero attached hydrogens (tertiary/aromatic N) is 2. The highest BCUT2D eigenvalue weighted by atomic mass is 32.2. The molecule has 0 saturated carbocycles. The third kappa shape index (κ3) is 7.36. The lowest BCUT2D eigenvalue weighted by Gasteiger charge is -2.33. The topological polar surface area (TPSA) is 61.9 Å². The van der Waals surface area contributed by atoms with Crippen molar-refractivity contribution in [2.45, 2.75) is 12.7 Å². The van der Waals surface area contributed by atoms with Gasteiger partial charge in [0.1, 0.15) is 0 Å². The fourth-order valence-corrected chi connectivity index (χ4v) is 3.41. The number of piperazine rings is 1. The highest BCUT2D eigenvalue weighted by Crippen LogP contribution is 2.10. The maximum atomic E-state index is 12.0. The van der Waals surface area contributed by atoms with Gasteiger partial charge in [-0.2, -0.15) is 11.8 Å². The van der Waals surface area contributed by atoms with Gasteiger partial charge in [0.25, 0.3) is 0 Å². The van der Waals surface area contributed by atoms with Gasteiger partial charge >= 0.3 is 6.09 Å². The molecule has 1 aromatic carbocycles. The summed E-state index contributed by atoms with van der Waals surface area (Å²) >= 11 is 1.82. The average Bonchev–Trinajstić information content (AvgIpc) is 2.63. The second kappa shape index (κ2) is 11.0. The van der Waals surface area contributed by atoms with Crippen molar-refractivity contribution in [2.24, 2.45) is 0 Å². The number of hydrogen-bond acceptors (Lipinski definition) is 5. The van der Waals surface area contributed by atoms with Gasteiger partial charge in [0.05, 0.1) is 13.2 Å². The van der Waals surface area contributed by atoms with Crippen LogP contribution in [0.5, 0.6) is 0 Å². The Hall–Kier alpha value is -1.73. The molecule has 1 heterocycles. The molecule has 0 aliphatic carbocycles. The molecule has 0 radical (unpaired) electrons. The Morgan fingerprint density at radius 2 is 1.88 bits per heavy atom. The van der Waals surface area contributed by atoms with Crippen LogP contribution in [0.2, 0.25) is 0 Å². The van der Waals surface area contributed by atoms with Crippen LogP contribution in [0.4, 0.5) is 4.79 Å². The van der Waals surface area contributed by atoms with Crippen LogP contribution < -0.4 is 5.32 Å². The molecule has 25 heavy (non-hydrogen) atoms.